The highest BCUT2D eigenvalue weighted by atomic mass is 28.3. The fraction of sp³-hybridized carbons (Fsp3) is 0.600. The predicted octanol–water partition coefficient (Wildman–Crippen LogP) is 3.78. The Balaban J connectivity index is 2.11. The van der Waals surface area contributed by atoms with Gasteiger partial charge in [-0.05, 0) is 23.5 Å². The Hall–Kier alpha value is -1.46. The molecule has 0 amide bonds. The van der Waals surface area contributed by atoms with Crippen molar-refractivity contribution in [1.82, 2.24) is 4.90 Å². The largest absolute Gasteiger partial charge is 0.481 e. The number of aliphatic carboxylic acids is 1. The molecule has 1 aliphatic rings. The van der Waals surface area contributed by atoms with E-state index in [0.29, 0.717) is 6.54 Å². The van der Waals surface area contributed by atoms with Gasteiger partial charge in [-0.1, -0.05) is 57.8 Å². The molecule has 2 unspecified atom stereocenters. The van der Waals surface area contributed by atoms with Crippen LogP contribution >= 0.6 is 0 Å². The fourth-order valence-electron chi connectivity index (χ4n) is 4.21. The Morgan fingerprint density at radius 2 is 1.80 bits per heavy atom. The van der Waals surface area contributed by atoms with Crippen LogP contribution in [0.15, 0.2) is 24.3 Å². The minimum Gasteiger partial charge on any atom is -0.481 e. The lowest BCUT2D eigenvalue weighted by Gasteiger charge is -2.27. The second kappa shape index (κ2) is 7.04. The highest BCUT2D eigenvalue weighted by molar-refractivity contribution is 6.80. The monoisotopic (exact) mass is 361 g/mol. The number of nitrogens with zero attached hydrogens (tertiary/aromatic N) is 1. The van der Waals surface area contributed by atoms with Gasteiger partial charge in [-0.2, -0.15) is 0 Å². The molecule has 1 fully saturated rings. The maximum atomic E-state index is 12.1. The maximum absolute atomic E-state index is 12.1. The molecule has 0 bridgehead atoms. The van der Waals surface area contributed by atoms with E-state index in [1.54, 1.807) is 6.92 Å². The Bertz CT molecular complexity index is 646. The van der Waals surface area contributed by atoms with Crippen LogP contribution in [-0.4, -0.2) is 42.9 Å². The van der Waals surface area contributed by atoms with Crippen LogP contribution in [0.4, 0.5) is 0 Å². The lowest BCUT2D eigenvalue weighted by Crippen LogP contribution is -2.35. The Kier molecular flexibility index (Phi) is 5.59. The standard InChI is InChI=1S/C20H31NO3Si/c1-14(22)18(25(4,5)6)16-9-7-15(8-10-16)11-21-12-17(19(23)24)20(2,3)13-21/h7-10,17-18H,11-13H2,1-6H3,(H,23,24). The summed E-state index contributed by atoms with van der Waals surface area (Å²) in [6, 6.07) is 8.34. The number of ketones is 1. The van der Waals surface area contributed by atoms with Gasteiger partial charge in [0, 0.05) is 25.2 Å². The number of carboxylic acids is 1. The van der Waals surface area contributed by atoms with Crippen molar-refractivity contribution in [3.63, 3.8) is 0 Å². The quantitative estimate of drug-likeness (QED) is 0.784. The molecule has 1 aliphatic heterocycles. The third kappa shape index (κ3) is 4.58. The first-order valence-electron chi connectivity index (χ1n) is 8.96. The van der Waals surface area contributed by atoms with E-state index >= 15 is 0 Å². The van der Waals surface area contributed by atoms with Gasteiger partial charge in [0.15, 0.2) is 0 Å². The molecule has 0 aliphatic carbocycles. The predicted molar refractivity (Wildman–Crippen MR) is 103 cm³/mol. The van der Waals surface area contributed by atoms with Crippen molar-refractivity contribution in [2.45, 2.75) is 52.5 Å². The molecule has 1 heterocycles. The summed E-state index contributed by atoms with van der Waals surface area (Å²) in [6.07, 6.45) is 0. The summed E-state index contributed by atoms with van der Waals surface area (Å²) in [5.74, 6) is -0.777. The molecule has 0 spiro atoms. The second-order valence-corrected chi connectivity index (χ2v) is 14.5. The van der Waals surface area contributed by atoms with Crippen molar-refractivity contribution in [3.8, 4) is 0 Å². The van der Waals surface area contributed by atoms with Crippen LogP contribution in [-0.2, 0) is 16.1 Å². The summed E-state index contributed by atoms with van der Waals surface area (Å²) in [5.41, 5.74) is 2.11. The smallest absolute Gasteiger partial charge is 0.308 e. The molecule has 1 aromatic rings. The SMILES string of the molecule is CC(=O)C(c1ccc(CN2CC(C(=O)O)C(C)(C)C2)cc1)[Si](C)(C)C. The van der Waals surface area contributed by atoms with Gasteiger partial charge in [-0.15, -0.1) is 0 Å². The normalized spacial score (nSPS) is 21.9. The minimum atomic E-state index is -1.61. The number of carbonyl (C=O) groups is 2. The summed E-state index contributed by atoms with van der Waals surface area (Å²) in [4.78, 5) is 25.8. The summed E-state index contributed by atoms with van der Waals surface area (Å²) in [5, 5.41) is 9.40. The third-order valence-electron chi connectivity index (χ3n) is 5.31. The van der Waals surface area contributed by atoms with E-state index in [1.807, 2.05) is 13.8 Å². The number of hydrogen-bond donors (Lipinski definition) is 1. The molecule has 2 rings (SSSR count). The van der Waals surface area contributed by atoms with Crippen molar-refractivity contribution in [2.75, 3.05) is 13.1 Å². The number of Topliss-reactive ketones (excluding diaryl/α,β-unsaturated/α-hetero) is 1. The molecular weight excluding hydrogens is 330 g/mol. The average Bonchev–Trinajstić information content (AvgIpc) is 2.73. The molecule has 0 aromatic heterocycles. The van der Waals surface area contributed by atoms with E-state index in [9.17, 15) is 14.7 Å². The molecule has 25 heavy (non-hydrogen) atoms. The highest BCUT2D eigenvalue weighted by Gasteiger charge is 2.43. The summed E-state index contributed by atoms with van der Waals surface area (Å²) in [7, 11) is -1.61. The minimum absolute atomic E-state index is 0.0312. The first kappa shape index (κ1) is 19.9. The van der Waals surface area contributed by atoms with Crippen molar-refractivity contribution >= 4 is 19.8 Å². The average molecular weight is 362 g/mol. The van der Waals surface area contributed by atoms with Crippen LogP contribution in [0.2, 0.25) is 19.6 Å². The molecule has 138 valence electrons. The van der Waals surface area contributed by atoms with Crippen molar-refractivity contribution in [1.29, 1.82) is 0 Å². The molecular formula is C20H31NO3Si. The van der Waals surface area contributed by atoms with Crippen molar-refractivity contribution in [3.05, 3.63) is 35.4 Å². The van der Waals surface area contributed by atoms with E-state index in [-0.39, 0.29) is 22.7 Å². The van der Waals surface area contributed by atoms with Gasteiger partial charge in [0.1, 0.15) is 5.78 Å². The number of rotatable bonds is 6. The summed E-state index contributed by atoms with van der Waals surface area (Å²) < 4.78 is 0. The van der Waals surface area contributed by atoms with Crippen LogP contribution in [0, 0.1) is 11.3 Å². The lowest BCUT2D eigenvalue weighted by molar-refractivity contribution is -0.144. The van der Waals surface area contributed by atoms with Gasteiger partial charge in [0.05, 0.1) is 14.0 Å². The van der Waals surface area contributed by atoms with Gasteiger partial charge in [-0.3, -0.25) is 14.5 Å². The zero-order chi connectivity index (χ0) is 19.0. The fourth-order valence-corrected chi connectivity index (χ4v) is 6.62. The van der Waals surface area contributed by atoms with Gasteiger partial charge < -0.3 is 5.11 Å². The Morgan fingerprint density at radius 1 is 1.24 bits per heavy atom. The molecule has 1 saturated heterocycles. The molecule has 0 radical (unpaired) electrons. The zero-order valence-electron chi connectivity index (χ0n) is 16.3. The van der Waals surface area contributed by atoms with Crippen molar-refractivity contribution in [2.24, 2.45) is 11.3 Å². The Labute approximate surface area is 152 Å². The lowest BCUT2D eigenvalue weighted by atomic mass is 9.82. The number of carboxylic acid groups (broad SMARTS) is 1. The summed E-state index contributed by atoms with van der Waals surface area (Å²) in [6.45, 7) is 14.6. The van der Waals surface area contributed by atoms with Gasteiger partial charge in [-0.25, -0.2) is 0 Å². The highest BCUT2D eigenvalue weighted by Crippen LogP contribution is 2.36. The molecule has 0 saturated carbocycles. The van der Waals surface area contributed by atoms with E-state index in [0.717, 1.165) is 18.7 Å². The van der Waals surface area contributed by atoms with Crippen LogP contribution in [0.5, 0.6) is 0 Å². The van der Waals surface area contributed by atoms with Gasteiger partial charge in [0.2, 0.25) is 0 Å². The van der Waals surface area contributed by atoms with E-state index in [4.69, 9.17) is 0 Å². The first-order valence-corrected chi connectivity index (χ1v) is 12.5. The molecule has 1 N–H and O–H groups in total. The van der Waals surface area contributed by atoms with Gasteiger partial charge >= 0.3 is 5.97 Å². The molecule has 2 atom stereocenters. The molecule has 5 heteroatoms. The van der Waals surface area contributed by atoms with E-state index in [2.05, 4.69) is 48.8 Å². The summed E-state index contributed by atoms with van der Waals surface area (Å²) >= 11 is 0. The molecule has 4 nitrogen and oxygen atoms in total. The van der Waals surface area contributed by atoms with Crippen LogP contribution in [0.3, 0.4) is 0 Å². The van der Waals surface area contributed by atoms with Gasteiger partial charge in [0.25, 0.3) is 0 Å². The van der Waals surface area contributed by atoms with Crippen LogP contribution in [0.1, 0.15) is 37.4 Å². The topological polar surface area (TPSA) is 57.6 Å². The third-order valence-corrected chi connectivity index (χ3v) is 7.78. The second-order valence-electron chi connectivity index (χ2n) is 9.20. The van der Waals surface area contributed by atoms with Crippen LogP contribution < -0.4 is 0 Å². The number of benzene rings is 1. The first-order chi connectivity index (χ1) is 11.4. The van der Waals surface area contributed by atoms with Crippen molar-refractivity contribution < 1.29 is 14.7 Å². The van der Waals surface area contributed by atoms with E-state index < -0.39 is 14.0 Å². The number of carbonyl (C=O) groups excluding carboxylic acids is 1. The Morgan fingerprint density at radius 3 is 2.20 bits per heavy atom. The zero-order valence-corrected chi connectivity index (χ0v) is 17.3. The number of likely N-dealkylation sites (tertiary alicyclic amines) is 1. The maximum Gasteiger partial charge on any atom is 0.308 e. The number of hydrogen-bond acceptors (Lipinski definition) is 3. The van der Waals surface area contributed by atoms with Crippen LogP contribution in [0.25, 0.3) is 0 Å². The van der Waals surface area contributed by atoms with E-state index in [1.165, 1.54) is 5.56 Å². The molecule has 1 aromatic carbocycles.